The summed E-state index contributed by atoms with van der Waals surface area (Å²) < 4.78 is 0. The summed E-state index contributed by atoms with van der Waals surface area (Å²) in [7, 11) is 0. The van der Waals surface area contributed by atoms with Gasteiger partial charge in [0.05, 0.1) is 0 Å². The smallest absolute Gasteiger partial charge is 0.0212 e. The third-order valence-electron chi connectivity index (χ3n) is 4.06. The van der Waals surface area contributed by atoms with Crippen LogP contribution in [0.25, 0.3) is 0 Å². The number of likely N-dealkylation sites (tertiary alicyclic amines) is 1. The Bertz CT molecular complexity index is 168. The first-order chi connectivity index (χ1) is 6.25. The van der Waals surface area contributed by atoms with Crippen molar-refractivity contribution < 1.29 is 0 Å². The van der Waals surface area contributed by atoms with Gasteiger partial charge >= 0.3 is 0 Å². The lowest BCUT2D eigenvalue weighted by Crippen LogP contribution is -2.53. The maximum Gasteiger partial charge on any atom is 0.0212 e. The number of hydrogen-bond donors (Lipinski definition) is 0. The quantitative estimate of drug-likeness (QED) is 0.600. The van der Waals surface area contributed by atoms with Crippen molar-refractivity contribution >= 4 is 0 Å². The first-order valence-electron chi connectivity index (χ1n) is 6.01. The van der Waals surface area contributed by atoms with E-state index in [0.717, 1.165) is 6.04 Å². The summed E-state index contributed by atoms with van der Waals surface area (Å²) in [6.45, 7) is 6.09. The molecule has 0 amide bonds. The molecule has 2 rings (SSSR count). The fraction of sp³-hybridized carbons (Fsp3) is 1.00. The van der Waals surface area contributed by atoms with Crippen LogP contribution >= 0.6 is 0 Å². The molecule has 1 heterocycles. The van der Waals surface area contributed by atoms with Gasteiger partial charge in [0.2, 0.25) is 0 Å². The molecule has 0 N–H and O–H groups in total. The van der Waals surface area contributed by atoms with E-state index in [4.69, 9.17) is 0 Å². The molecular weight excluding hydrogens is 158 g/mol. The SMILES string of the molecule is CC(C)N1CCCCC12CCCC2. The van der Waals surface area contributed by atoms with Gasteiger partial charge in [0.1, 0.15) is 0 Å². The molecule has 2 aliphatic rings. The van der Waals surface area contributed by atoms with Gasteiger partial charge in [0, 0.05) is 11.6 Å². The van der Waals surface area contributed by atoms with Crippen LogP contribution < -0.4 is 0 Å². The highest BCUT2D eigenvalue weighted by molar-refractivity contribution is 4.98. The Kier molecular flexibility index (Phi) is 2.64. The largest absolute Gasteiger partial charge is 0.295 e. The van der Waals surface area contributed by atoms with E-state index in [-0.39, 0.29) is 0 Å². The van der Waals surface area contributed by atoms with Gasteiger partial charge in [-0.05, 0) is 46.1 Å². The Labute approximate surface area is 82.5 Å². The maximum absolute atomic E-state index is 2.80. The fourth-order valence-corrected chi connectivity index (χ4v) is 3.49. The Morgan fingerprint density at radius 2 is 1.46 bits per heavy atom. The molecule has 1 saturated heterocycles. The lowest BCUT2D eigenvalue weighted by atomic mass is 9.84. The highest BCUT2D eigenvalue weighted by Crippen LogP contribution is 2.42. The minimum atomic E-state index is 0.645. The second-order valence-corrected chi connectivity index (χ2v) is 5.18. The van der Waals surface area contributed by atoms with Crippen LogP contribution in [0.4, 0.5) is 0 Å². The second kappa shape index (κ2) is 3.61. The minimum absolute atomic E-state index is 0.645. The van der Waals surface area contributed by atoms with Crippen LogP contribution in [-0.4, -0.2) is 23.0 Å². The molecule has 0 bridgehead atoms. The second-order valence-electron chi connectivity index (χ2n) is 5.18. The topological polar surface area (TPSA) is 3.24 Å². The summed E-state index contributed by atoms with van der Waals surface area (Å²) in [5, 5.41) is 0. The van der Waals surface area contributed by atoms with Gasteiger partial charge in [-0.25, -0.2) is 0 Å². The van der Waals surface area contributed by atoms with Gasteiger partial charge in [0.15, 0.2) is 0 Å². The highest BCUT2D eigenvalue weighted by atomic mass is 15.2. The summed E-state index contributed by atoms with van der Waals surface area (Å²) >= 11 is 0. The lowest BCUT2D eigenvalue weighted by molar-refractivity contribution is 0.0239. The van der Waals surface area contributed by atoms with Crippen molar-refractivity contribution in [2.24, 2.45) is 0 Å². The van der Waals surface area contributed by atoms with E-state index in [1.807, 2.05) is 0 Å². The van der Waals surface area contributed by atoms with E-state index in [9.17, 15) is 0 Å². The minimum Gasteiger partial charge on any atom is -0.295 e. The molecule has 0 atom stereocenters. The van der Waals surface area contributed by atoms with E-state index in [0.29, 0.717) is 5.54 Å². The van der Waals surface area contributed by atoms with Crippen LogP contribution in [0.3, 0.4) is 0 Å². The fourth-order valence-electron chi connectivity index (χ4n) is 3.49. The van der Waals surface area contributed by atoms with Crippen LogP contribution in [-0.2, 0) is 0 Å². The van der Waals surface area contributed by atoms with Crippen molar-refractivity contribution in [1.82, 2.24) is 4.90 Å². The molecular formula is C12H23N. The summed E-state index contributed by atoms with van der Waals surface area (Å²) in [5.74, 6) is 0. The molecule has 1 heteroatoms. The highest BCUT2D eigenvalue weighted by Gasteiger charge is 2.41. The van der Waals surface area contributed by atoms with Gasteiger partial charge in [-0.3, -0.25) is 4.90 Å². The molecule has 1 aliphatic carbocycles. The maximum atomic E-state index is 2.80. The van der Waals surface area contributed by atoms with Crippen LogP contribution in [0.1, 0.15) is 58.8 Å². The van der Waals surface area contributed by atoms with Crippen LogP contribution in [0.15, 0.2) is 0 Å². The van der Waals surface area contributed by atoms with Crippen molar-refractivity contribution in [3.05, 3.63) is 0 Å². The molecule has 0 aromatic heterocycles. The van der Waals surface area contributed by atoms with E-state index in [1.165, 1.54) is 51.5 Å². The molecule has 1 spiro atoms. The average Bonchev–Trinajstić information content (AvgIpc) is 2.54. The van der Waals surface area contributed by atoms with Crippen LogP contribution in [0.5, 0.6) is 0 Å². The van der Waals surface area contributed by atoms with E-state index >= 15 is 0 Å². The van der Waals surface area contributed by atoms with E-state index < -0.39 is 0 Å². The van der Waals surface area contributed by atoms with Gasteiger partial charge < -0.3 is 0 Å². The molecule has 1 aliphatic heterocycles. The first-order valence-corrected chi connectivity index (χ1v) is 6.01. The molecule has 0 aromatic rings. The van der Waals surface area contributed by atoms with Crippen molar-refractivity contribution in [3.63, 3.8) is 0 Å². The zero-order valence-electron chi connectivity index (χ0n) is 9.18. The Balaban J connectivity index is 2.12. The zero-order valence-corrected chi connectivity index (χ0v) is 9.18. The van der Waals surface area contributed by atoms with Crippen molar-refractivity contribution in [2.45, 2.75) is 70.4 Å². The Hall–Kier alpha value is -0.0400. The first kappa shape index (κ1) is 9.51. The van der Waals surface area contributed by atoms with Crippen molar-refractivity contribution in [2.75, 3.05) is 6.54 Å². The molecule has 1 saturated carbocycles. The molecule has 2 fully saturated rings. The van der Waals surface area contributed by atoms with Gasteiger partial charge in [-0.1, -0.05) is 19.3 Å². The Morgan fingerprint density at radius 1 is 0.923 bits per heavy atom. The van der Waals surface area contributed by atoms with Crippen LogP contribution in [0, 0.1) is 0 Å². The predicted octanol–water partition coefficient (Wildman–Crippen LogP) is 3.19. The van der Waals surface area contributed by atoms with Crippen molar-refractivity contribution in [3.8, 4) is 0 Å². The monoisotopic (exact) mass is 181 g/mol. The standard InChI is InChI=1S/C12H23N/c1-11(2)13-10-6-5-9-12(13)7-3-4-8-12/h11H,3-10H2,1-2H3. The summed E-state index contributed by atoms with van der Waals surface area (Å²) in [4.78, 5) is 2.80. The van der Waals surface area contributed by atoms with Gasteiger partial charge in [-0.2, -0.15) is 0 Å². The van der Waals surface area contributed by atoms with E-state index in [2.05, 4.69) is 18.7 Å². The molecule has 1 nitrogen and oxygen atoms in total. The van der Waals surface area contributed by atoms with Crippen molar-refractivity contribution in [1.29, 1.82) is 0 Å². The zero-order chi connectivity index (χ0) is 9.31. The number of piperidine rings is 1. The number of nitrogens with zero attached hydrogens (tertiary/aromatic N) is 1. The average molecular weight is 181 g/mol. The third kappa shape index (κ3) is 1.63. The lowest BCUT2D eigenvalue weighted by Gasteiger charge is -2.47. The number of rotatable bonds is 1. The summed E-state index contributed by atoms with van der Waals surface area (Å²) in [6, 6.07) is 0.762. The predicted molar refractivity (Wildman–Crippen MR) is 56.9 cm³/mol. The normalized spacial score (nSPS) is 28.8. The molecule has 0 aromatic carbocycles. The summed E-state index contributed by atoms with van der Waals surface area (Å²) in [5.41, 5.74) is 0.645. The third-order valence-corrected chi connectivity index (χ3v) is 4.06. The van der Waals surface area contributed by atoms with E-state index in [1.54, 1.807) is 0 Å². The molecule has 13 heavy (non-hydrogen) atoms. The Morgan fingerprint density at radius 3 is 2.00 bits per heavy atom. The molecule has 76 valence electrons. The molecule has 0 radical (unpaired) electrons. The van der Waals surface area contributed by atoms with Gasteiger partial charge in [0.25, 0.3) is 0 Å². The number of hydrogen-bond acceptors (Lipinski definition) is 1. The summed E-state index contributed by atoms with van der Waals surface area (Å²) in [6.07, 6.45) is 10.3. The van der Waals surface area contributed by atoms with Crippen LogP contribution in [0.2, 0.25) is 0 Å². The van der Waals surface area contributed by atoms with Gasteiger partial charge in [-0.15, -0.1) is 0 Å². The molecule has 0 unspecified atom stereocenters.